The summed E-state index contributed by atoms with van der Waals surface area (Å²) in [6.07, 6.45) is -2.86. The summed E-state index contributed by atoms with van der Waals surface area (Å²) in [5.74, 6) is -2.60. The number of aromatic nitrogens is 3. The van der Waals surface area contributed by atoms with E-state index in [0.29, 0.717) is 30.0 Å². The molecule has 0 aromatic carbocycles. The molecular weight excluding hydrogens is 317 g/mol. The van der Waals surface area contributed by atoms with Crippen LogP contribution >= 0.6 is 12.2 Å². The van der Waals surface area contributed by atoms with Crippen molar-refractivity contribution in [2.24, 2.45) is 11.8 Å². The molecule has 2 unspecified atom stereocenters. The molecule has 1 fully saturated rings. The Morgan fingerprint density at radius 3 is 2.77 bits per heavy atom. The number of halogens is 3. The van der Waals surface area contributed by atoms with Gasteiger partial charge in [-0.25, -0.2) is 0 Å². The van der Waals surface area contributed by atoms with Crippen LogP contribution in [0.4, 0.5) is 13.2 Å². The molecule has 1 aromatic rings. The zero-order valence-corrected chi connectivity index (χ0v) is 13.1. The Labute approximate surface area is 131 Å². The van der Waals surface area contributed by atoms with E-state index in [9.17, 15) is 18.0 Å². The van der Waals surface area contributed by atoms with E-state index in [2.05, 4.69) is 15.5 Å². The minimum absolute atomic E-state index is 0.0231. The number of hydrogen-bond acceptors (Lipinski definition) is 3. The van der Waals surface area contributed by atoms with E-state index in [1.165, 1.54) is 0 Å². The van der Waals surface area contributed by atoms with Crippen LogP contribution in [-0.4, -0.2) is 26.8 Å². The number of carbonyl (C=O) groups is 1. The number of hydrogen-bond donors (Lipinski definition) is 2. The fourth-order valence-electron chi connectivity index (χ4n) is 2.95. The molecule has 0 spiro atoms. The minimum Gasteiger partial charge on any atom is -0.349 e. The number of nitrogens with one attached hydrogen (secondary N) is 2. The first kappa shape index (κ1) is 17.0. The topological polar surface area (TPSA) is 62.7 Å². The van der Waals surface area contributed by atoms with Crippen molar-refractivity contribution in [3.63, 3.8) is 0 Å². The van der Waals surface area contributed by atoms with Crippen LogP contribution in [0.3, 0.4) is 0 Å². The third-order valence-electron chi connectivity index (χ3n) is 4.10. The zero-order chi connectivity index (χ0) is 16.3. The van der Waals surface area contributed by atoms with E-state index in [1.807, 2.05) is 6.92 Å². The highest BCUT2D eigenvalue weighted by Gasteiger charge is 2.47. The van der Waals surface area contributed by atoms with Crippen molar-refractivity contribution in [2.45, 2.75) is 51.9 Å². The second-order valence-corrected chi connectivity index (χ2v) is 5.83. The smallest absolute Gasteiger partial charge is 0.349 e. The Balaban J connectivity index is 2.03. The van der Waals surface area contributed by atoms with E-state index < -0.39 is 23.9 Å². The van der Waals surface area contributed by atoms with Gasteiger partial charge in [-0.1, -0.05) is 12.8 Å². The van der Waals surface area contributed by atoms with E-state index in [4.69, 9.17) is 12.2 Å². The molecule has 1 aliphatic carbocycles. The van der Waals surface area contributed by atoms with Gasteiger partial charge in [-0.15, -0.1) is 0 Å². The van der Waals surface area contributed by atoms with Gasteiger partial charge in [0.2, 0.25) is 5.91 Å². The van der Waals surface area contributed by atoms with E-state index in [0.717, 1.165) is 0 Å². The molecule has 0 bridgehead atoms. The minimum atomic E-state index is -4.33. The summed E-state index contributed by atoms with van der Waals surface area (Å²) in [5.41, 5.74) is 0. The van der Waals surface area contributed by atoms with Gasteiger partial charge in [0.05, 0.1) is 12.5 Å². The summed E-state index contributed by atoms with van der Waals surface area (Å²) in [5, 5.41) is 9.16. The lowest BCUT2D eigenvalue weighted by Crippen LogP contribution is -2.42. The van der Waals surface area contributed by atoms with Crippen LogP contribution in [0.5, 0.6) is 0 Å². The molecule has 2 atom stereocenters. The van der Waals surface area contributed by atoms with Crippen molar-refractivity contribution >= 4 is 18.1 Å². The Hall–Kier alpha value is -1.38. The van der Waals surface area contributed by atoms with Crippen LogP contribution in [-0.2, 0) is 17.9 Å². The molecule has 0 saturated heterocycles. The molecular formula is C13H19F3N4OS. The van der Waals surface area contributed by atoms with Crippen molar-refractivity contribution in [1.82, 2.24) is 20.1 Å². The molecule has 2 N–H and O–H groups in total. The number of alkyl halides is 3. The number of amides is 1. The fourth-order valence-corrected chi connectivity index (χ4v) is 3.23. The first-order valence-electron chi connectivity index (χ1n) is 7.33. The Kier molecular flexibility index (Phi) is 5.25. The summed E-state index contributed by atoms with van der Waals surface area (Å²) in [4.78, 5) is 12.2. The lowest BCUT2D eigenvalue weighted by molar-refractivity contribution is -0.198. The Bertz CT molecular complexity index is 581. The molecule has 9 heteroatoms. The average Bonchev–Trinajstić information content (AvgIpc) is 2.84. The van der Waals surface area contributed by atoms with Gasteiger partial charge >= 0.3 is 6.18 Å². The average molecular weight is 336 g/mol. The van der Waals surface area contributed by atoms with E-state index in [-0.39, 0.29) is 19.4 Å². The molecule has 124 valence electrons. The summed E-state index contributed by atoms with van der Waals surface area (Å²) < 4.78 is 41.2. The summed E-state index contributed by atoms with van der Waals surface area (Å²) >= 11 is 5.03. The van der Waals surface area contributed by atoms with Gasteiger partial charge in [-0.3, -0.25) is 9.89 Å². The second kappa shape index (κ2) is 6.80. The van der Waals surface area contributed by atoms with Gasteiger partial charge in [-0.05, 0) is 32.0 Å². The molecule has 0 aliphatic heterocycles. The number of aromatic amines is 1. The maximum atomic E-state index is 13.0. The standard InChI is InChI=1S/C13H19F3N4OS/c1-2-20-10(18-19-12(20)22)7-17-11(21)8-5-3-4-6-9(8)13(14,15)16/h8-9H,2-7H2,1H3,(H,17,21)(H,19,22). The highest BCUT2D eigenvalue weighted by molar-refractivity contribution is 7.71. The SMILES string of the molecule is CCn1c(CNC(=O)C2CCCCC2C(F)(F)F)n[nH]c1=S. The van der Waals surface area contributed by atoms with Crippen molar-refractivity contribution in [3.05, 3.63) is 10.6 Å². The molecule has 22 heavy (non-hydrogen) atoms. The quantitative estimate of drug-likeness (QED) is 0.831. The van der Waals surface area contributed by atoms with Crippen LogP contribution < -0.4 is 5.32 Å². The van der Waals surface area contributed by atoms with E-state index in [1.54, 1.807) is 4.57 Å². The Morgan fingerprint density at radius 2 is 2.14 bits per heavy atom. The summed E-state index contributed by atoms with van der Waals surface area (Å²) in [6.45, 7) is 2.52. The zero-order valence-electron chi connectivity index (χ0n) is 12.2. The molecule has 0 radical (unpaired) electrons. The monoisotopic (exact) mass is 336 g/mol. The highest BCUT2D eigenvalue weighted by Crippen LogP contribution is 2.41. The number of H-pyrrole nitrogens is 1. The molecule has 1 amide bonds. The van der Waals surface area contributed by atoms with Crippen molar-refractivity contribution < 1.29 is 18.0 Å². The maximum absolute atomic E-state index is 13.0. The second-order valence-electron chi connectivity index (χ2n) is 5.45. The number of carbonyl (C=O) groups excluding carboxylic acids is 1. The van der Waals surface area contributed by atoms with Gasteiger partial charge in [0.1, 0.15) is 0 Å². The van der Waals surface area contributed by atoms with Gasteiger partial charge < -0.3 is 9.88 Å². The molecule has 1 saturated carbocycles. The lowest BCUT2D eigenvalue weighted by Gasteiger charge is -2.31. The molecule has 2 rings (SSSR count). The van der Waals surface area contributed by atoms with Crippen LogP contribution in [0, 0.1) is 16.6 Å². The van der Waals surface area contributed by atoms with Crippen LogP contribution in [0.15, 0.2) is 0 Å². The van der Waals surface area contributed by atoms with Gasteiger partial charge in [0, 0.05) is 12.5 Å². The Morgan fingerprint density at radius 1 is 1.45 bits per heavy atom. The fraction of sp³-hybridized carbons (Fsp3) is 0.769. The third-order valence-corrected chi connectivity index (χ3v) is 4.41. The highest BCUT2D eigenvalue weighted by atomic mass is 32.1. The van der Waals surface area contributed by atoms with Gasteiger partial charge in [0.15, 0.2) is 10.6 Å². The predicted molar refractivity (Wildman–Crippen MR) is 76.4 cm³/mol. The largest absolute Gasteiger partial charge is 0.392 e. The molecule has 1 aliphatic rings. The summed E-state index contributed by atoms with van der Waals surface area (Å²) in [7, 11) is 0. The van der Waals surface area contributed by atoms with Crippen molar-refractivity contribution in [1.29, 1.82) is 0 Å². The number of nitrogens with zero attached hydrogens (tertiary/aromatic N) is 2. The van der Waals surface area contributed by atoms with Crippen molar-refractivity contribution in [3.8, 4) is 0 Å². The van der Waals surface area contributed by atoms with Crippen LogP contribution in [0.2, 0.25) is 0 Å². The lowest BCUT2D eigenvalue weighted by atomic mass is 9.78. The van der Waals surface area contributed by atoms with E-state index >= 15 is 0 Å². The van der Waals surface area contributed by atoms with Crippen molar-refractivity contribution in [2.75, 3.05) is 0 Å². The van der Waals surface area contributed by atoms with Gasteiger partial charge in [-0.2, -0.15) is 18.3 Å². The number of rotatable bonds is 4. The molecule has 1 heterocycles. The van der Waals surface area contributed by atoms with Crippen LogP contribution in [0.1, 0.15) is 38.4 Å². The molecule has 5 nitrogen and oxygen atoms in total. The third kappa shape index (κ3) is 3.68. The van der Waals surface area contributed by atoms with Crippen LogP contribution in [0.25, 0.3) is 0 Å². The summed E-state index contributed by atoms with van der Waals surface area (Å²) in [6, 6.07) is 0. The molecule has 1 aromatic heterocycles. The first-order valence-corrected chi connectivity index (χ1v) is 7.74. The first-order chi connectivity index (χ1) is 10.3. The van der Waals surface area contributed by atoms with Gasteiger partial charge in [0.25, 0.3) is 0 Å². The maximum Gasteiger partial charge on any atom is 0.392 e. The normalized spacial score (nSPS) is 22.5. The predicted octanol–water partition coefficient (Wildman–Crippen LogP) is 2.95.